The average molecular weight is 348 g/mol. The van der Waals surface area contributed by atoms with E-state index in [9.17, 15) is 14.4 Å². The van der Waals surface area contributed by atoms with Crippen molar-refractivity contribution in [1.29, 1.82) is 0 Å². The van der Waals surface area contributed by atoms with Gasteiger partial charge in [0.05, 0.1) is 19.6 Å². The molecule has 0 aromatic heterocycles. The minimum Gasteiger partial charge on any atom is -0.496 e. The van der Waals surface area contributed by atoms with Crippen LogP contribution in [0.5, 0.6) is 5.75 Å². The van der Waals surface area contributed by atoms with Crippen LogP contribution < -0.4 is 4.74 Å². The molecule has 7 nitrogen and oxygen atoms in total. The molecule has 1 fully saturated rings. The fourth-order valence-corrected chi connectivity index (χ4v) is 2.95. The molecule has 1 aromatic rings. The Morgan fingerprint density at radius 2 is 2.08 bits per heavy atom. The number of carbonyl (C=O) groups excluding carboxylic acids is 2. The third-order valence-electron chi connectivity index (χ3n) is 4.50. The molecule has 1 aliphatic heterocycles. The molecule has 0 aliphatic carbocycles. The molecule has 1 aromatic carbocycles. The molecular formula is C18H24N2O5. The maximum Gasteiger partial charge on any atom is 0.308 e. The number of hydrogen-bond donors (Lipinski definition) is 1. The van der Waals surface area contributed by atoms with E-state index in [1.165, 1.54) is 9.80 Å². The zero-order valence-electron chi connectivity index (χ0n) is 14.8. The molecule has 1 atom stereocenters. The van der Waals surface area contributed by atoms with Crippen molar-refractivity contribution >= 4 is 17.8 Å². The van der Waals surface area contributed by atoms with Crippen LogP contribution in [0.3, 0.4) is 0 Å². The maximum absolute atomic E-state index is 12.5. The van der Waals surface area contributed by atoms with Gasteiger partial charge in [-0.3, -0.25) is 14.4 Å². The number of carboxylic acid groups (broad SMARTS) is 1. The summed E-state index contributed by atoms with van der Waals surface area (Å²) in [5, 5.41) is 9.11. The van der Waals surface area contributed by atoms with E-state index in [1.54, 1.807) is 32.4 Å². The fraction of sp³-hybridized carbons (Fsp3) is 0.500. The van der Waals surface area contributed by atoms with E-state index in [-0.39, 0.29) is 24.9 Å². The molecule has 0 bridgehead atoms. The van der Waals surface area contributed by atoms with Crippen LogP contribution in [0, 0.1) is 12.8 Å². The van der Waals surface area contributed by atoms with Crippen molar-refractivity contribution in [3.05, 3.63) is 29.3 Å². The smallest absolute Gasteiger partial charge is 0.308 e. The molecule has 0 radical (unpaired) electrons. The maximum atomic E-state index is 12.5. The summed E-state index contributed by atoms with van der Waals surface area (Å²) in [6.07, 6.45) is 1.24. The van der Waals surface area contributed by atoms with Gasteiger partial charge in [-0.15, -0.1) is 0 Å². The van der Waals surface area contributed by atoms with E-state index in [4.69, 9.17) is 9.84 Å². The summed E-state index contributed by atoms with van der Waals surface area (Å²) in [6, 6.07) is 5.15. The predicted molar refractivity (Wildman–Crippen MR) is 91.6 cm³/mol. The molecule has 2 amide bonds. The number of methoxy groups -OCH3 is 1. The van der Waals surface area contributed by atoms with Gasteiger partial charge in [0.2, 0.25) is 5.91 Å². The standard InChI is InChI=1S/C18H24N2O5/c1-12-6-7-13(9-15(12)25-3)17(22)19(2)11-16(21)20-8-4-5-14(10-20)18(23)24/h6-7,9,14H,4-5,8,10-11H2,1-3H3,(H,23,24)/t14-/m0/s1. The Morgan fingerprint density at radius 3 is 2.72 bits per heavy atom. The number of carbonyl (C=O) groups is 3. The summed E-state index contributed by atoms with van der Waals surface area (Å²) in [6.45, 7) is 2.54. The Kier molecular flexibility index (Phi) is 6.01. The van der Waals surface area contributed by atoms with E-state index < -0.39 is 11.9 Å². The van der Waals surface area contributed by atoms with Gasteiger partial charge in [-0.05, 0) is 37.5 Å². The molecular weight excluding hydrogens is 324 g/mol. The number of ether oxygens (including phenoxy) is 1. The SMILES string of the molecule is COc1cc(C(=O)N(C)CC(=O)N2CCC[C@H](C(=O)O)C2)ccc1C. The van der Waals surface area contributed by atoms with Gasteiger partial charge in [0.1, 0.15) is 5.75 Å². The number of piperidine rings is 1. The minimum absolute atomic E-state index is 0.0820. The highest BCUT2D eigenvalue weighted by Gasteiger charge is 2.29. The number of benzene rings is 1. The molecule has 136 valence electrons. The van der Waals surface area contributed by atoms with E-state index in [0.29, 0.717) is 30.7 Å². The van der Waals surface area contributed by atoms with Crippen LogP contribution in [-0.4, -0.2) is 66.5 Å². The number of carboxylic acids is 1. The van der Waals surface area contributed by atoms with Crippen LogP contribution in [-0.2, 0) is 9.59 Å². The second kappa shape index (κ2) is 8.00. The highest BCUT2D eigenvalue weighted by molar-refractivity contribution is 5.96. The van der Waals surface area contributed by atoms with Gasteiger partial charge in [0, 0.05) is 25.7 Å². The number of nitrogens with zero attached hydrogens (tertiary/aromatic N) is 2. The quantitative estimate of drug-likeness (QED) is 0.869. The van der Waals surface area contributed by atoms with Crippen LogP contribution in [0.25, 0.3) is 0 Å². The number of hydrogen-bond acceptors (Lipinski definition) is 4. The Morgan fingerprint density at radius 1 is 1.36 bits per heavy atom. The molecule has 0 saturated carbocycles. The highest BCUT2D eigenvalue weighted by Crippen LogP contribution is 2.20. The molecule has 1 aliphatic rings. The lowest BCUT2D eigenvalue weighted by Gasteiger charge is -2.32. The Bertz CT molecular complexity index is 673. The predicted octanol–water partition coefficient (Wildman–Crippen LogP) is 1.40. The van der Waals surface area contributed by atoms with Crippen molar-refractivity contribution in [3.63, 3.8) is 0 Å². The largest absolute Gasteiger partial charge is 0.496 e. The number of aryl methyl sites for hydroxylation is 1. The lowest BCUT2D eigenvalue weighted by Crippen LogP contribution is -2.46. The number of likely N-dealkylation sites (N-methyl/N-ethyl adjacent to an activating group) is 1. The first kappa shape index (κ1) is 18.8. The van der Waals surface area contributed by atoms with E-state index in [2.05, 4.69) is 0 Å². The Labute approximate surface area is 147 Å². The van der Waals surface area contributed by atoms with Crippen molar-refractivity contribution < 1.29 is 24.2 Å². The molecule has 1 N–H and O–H groups in total. The van der Waals surface area contributed by atoms with E-state index in [1.807, 2.05) is 6.92 Å². The Hall–Kier alpha value is -2.57. The average Bonchev–Trinajstić information content (AvgIpc) is 2.61. The van der Waals surface area contributed by atoms with Crippen LogP contribution in [0.2, 0.25) is 0 Å². The van der Waals surface area contributed by atoms with Gasteiger partial charge < -0.3 is 19.6 Å². The van der Waals surface area contributed by atoms with E-state index in [0.717, 1.165) is 5.56 Å². The lowest BCUT2D eigenvalue weighted by atomic mass is 9.98. The van der Waals surface area contributed by atoms with Gasteiger partial charge in [0.25, 0.3) is 5.91 Å². The number of amides is 2. The topological polar surface area (TPSA) is 87.2 Å². The summed E-state index contributed by atoms with van der Waals surface area (Å²) in [7, 11) is 3.10. The third-order valence-corrected chi connectivity index (χ3v) is 4.50. The lowest BCUT2D eigenvalue weighted by molar-refractivity contribution is -0.145. The van der Waals surface area contributed by atoms with Gasteiger partial charge in [-0.25, -0.2) is 0 Å². The van der Waals surface area contributed by atoms with Crippen molar-refractivity contribution in [1.82, 2.24) is 9.80 Å². The van der Waals surface area contributed by atoms with Crippen LogP contribution in [0.4, 0.5) is 0 Å². The molecule has 0 spiro atoms. The zero-order valence-corrected chi connectivity index (χ0v) is 14.8. The molecule has 0 unspecified atom stereocenters. The second-order valence-corrected chi connectivity index (χ2v) is 6.36. The first-order chi connectivity index (χ1) is 11.8. The molecule has 1 heterocycles. The normalized spacial score (nSPS) is 17.1. The molecule has 7 heteroatoms. The molecule has 1 saturated heterocycles. The summed E-state index contributed by atoms with van der Waals surface area (Å²) in [5.74, 6) is -1.31. The summed E-state index contributed by atoms with van der Waals surface area (Å²) in [4.78, 5) is 38.9. The van der Waals surface area contributed by atoms with Crippen molar-refractivity contribution in [2.24, 2.45) is 5.92 Å². The van der Waals surface area contributed by atoms with Gasteiger partial charge >= 0.3 is 5.97 Å². The third kappa shape index (κ3) is 4.49. The van der Waals surface area contributed by atoms with Gasteiger partial charge in [-0.2, -0.15) is 0 Å². The first-order valence-electron chi connectivity index (χ1n) is 8.24. The van der Waals surface area contributed by atoms with Gasteiger partial charge in [0.15, 0.2) is 0 Å². The number of rotatable bonds is 5. The molecule has 25 heavy (non-hydrogen) atoms. The van der Waals surface area contributed by atoms with Crippen molar-refractivity contribution in [2.75, 3.05) is 33.8 Å². The minimum atomic E-state index is -0.881. The molecule has 2 rings (SSSR count). The van der Waals surface area contributed by atoms with Gasteiger partial charge in [-0.1, -0.05) is 6.07 Å². The van der Waals surface area contributed by atoms with Crippen LogP contribution in [0.15, 0.2) is 18.2 Å². The summed E-state index contributed by atoms with van der Waals surface area (Å²) in [5.41, 5.74) is 1.37. The monoisotopic (exact) mass is 348 g/mol. The first-order valence-corrected chi connectivity index (χ1v) is 8.24. The summed E-state index contributed by atoms with van der Waals surface area (Å²) >= 11 is 0. The second-order valence-electron chi connectivity index (χ2n) is 6.36. The fourth-order valence-electron chi connectivity index (χ4n) is 2.95. The number of likely N-dealkylation sites (tertiary alicyclic amines) is 1. The van der Waals surface area contributed by atoms with Crippen molar-refractivity contribution in [3.8, 4) is 5.75 Å². The zero-order chi connectivity index (χ0) is 18.6. The van der Waals surface area contributed by atoms with Crippen molar-refractivity contribution in [2.45, 2.75) is 19.8 Å². The van der Waals surface area contributed by atoms with Crippen LogP contribution in [0.1, 0.15) is 28.8 Å². The highest BCUT2D eigenvalue weighted by atomic mass is 16.5. The van der Waals surface area contributed by atoms with Crippen LogP contribution >= 0.6 is 0 Å². The number of aliphatic carboxylic acids is 1. The van der Waals surface area contributed by atoms with E-state index >= 15 is 0 Å². The Balaban J connectivity index is 2.00. The summed E-state index contributed by atoms with van der Waals surface area (Å²) < 4.78 is 5.22.